The van der Waals surface area contributed by atoms with Gasteiger partial charge in [0.1, 0.15) is 23.7 Å². The summed E-state index contributed by atoms with van der Waals surface area (Å²) < 4.78 is 18.3. The van der Waals surface area contributed by atoms with E-state index in [1.807, 2.05) is 0 Å². The second kappa shape index (κ2) is 8.10. The highest BCUT2D eigenvalue weighted by molar-refractivity contribution is 6.05. The monoisotopic (exact) mass is 517 g/mol. The largest absolute Gasteiger partial charge is 0.462 e. The van der Waals surface area contributed by atoms with Crippen molar-refractivity contribution in [2.75, 3.05) is 19.7 Å². The van der Waals surface area contributed by atoms with Crippen LogP contribution in [0.25, 0.3) is 0 Å². The molecule has 3 heterocycles. The average Bonchev–Trinajstić information content (AvgIpc) is 2.97. The number of aliphatic hydroxyl groups excluding tert-OH is 1. The van der Waals surface area contributed by atoms with Gasteiger partial charge in [0, 0.05) is 24.2 Å². The predicted octanol–water partition coefficient (Wildman–Crippen LogP) is 1.50. The average molecular weight is 518 g/mol. The molecule has 9 heteroatoms. The Balaban J connectivity index is 1.51. The number of piperidine rings is 1. The van der Waals surface area contributed by atoms with E-state index in [9.17, 15) is 24.6 Å². The second-order valence-electron chi connectivity index (χ2n) is 13.0. The van der Waals surface area contributed by atoms with Crippen molar-refractivity contribution in [3.05, 3.63) is 12.2 Å². The molecular formula is C28H39NO8. The summed E-state index contributed by atoms with van der Waals surface area (Å²) in [5, 5.41) is 27.5. The lowest BCUT2D eigenvalue weighted by atomic mass is 9.35. The number of hydrogen-bond donors (Lipinski definition) is 3. The van der Waals surface area contributed by atoms with Gasteiger partial charge < -0.3 is 29.7 Å². The molecule has 0 aromatic rings. The molecule has 4 bridgehead atoms. The maximum atomic E-state index is 14.3. The number of carbonyl (C=O) groups excluding carboxylic acids is 3. The summed E-state index contributed by atoms with van der Waals surface area (Å²) in [5.74, 6) is -5.19. The number of nitrogens with one attached hydrogen (secondary N) is 1. The molecule has 0 unspecified atom stereocenters. The van der Waals surface area contributed by atoms with Crippen LogP contribution in [0.5, 0.6) is 0 Å². The maximum absolute atomic E-state index is 14.3. The minimum absolute atomic E-state index is 0.0540. The molecule has 2 spiro atoms. The molecule has 37 heavy (non-hydrogen) atoms. The van der Waals surface area contributed by atoms with Crippen molar-refractivity contribution in [1.29, 1.82) is 0 Å². The molecule has 7 aliphatic rings. The zero-order valence-electron chi connectivity index (χ0n) is 22.0. The van der Waals surface area contributed by atoms with Gasteiger partial charge in [-0.2, -0.15) is 0 Å². The van der Waals surface area contributed by atoms with Crippen molar-refractivity contribution in [1.82, 2.24) is 5.32 Å². The third-order valence-corrected chi connectivity index (χ3v) is 11.0. The molecular weight excluding hydrogens is 478 g/mol. The minimum atomic E-state index is -2.24. The quantitative estimate of drug-likeness (QED) is 0.376. The standard InChI is InChI=1S/C28H39NO8/c1-14-17-5-6-18-26-13-35-28(34,22(32)20(26)25(3,4)10-7-19(26)36-15(2)30)27(18,21(14)31)23(17)37-24(33)16-8-11-29-12-9-16/h16-20,22-23,29,32,34H,1,5-13H2,2-4H3/t17-,18-,19-,20+,22-,23+,26+,27-,28-/m0/s1. The summed E-state index contributed by atoms with van der Waals surface area (Å²) >= 11 is 0. The van der Waals surface area contributed by atoms with Crippen LogP contribution < -0.4 is 5.32 Å². The topological polar surface area (TPSA) is 131 Å². The van der Waals surface area contributed by atoms with Gasteiger partial charge in [-0.05, 0) is 68.5 Å². The van der Waals surface area contributed by atoms with Crippen molar-refractivity contribution >= 4 is 17.7 Å². The fraction of sp³-hybridized carbons (Fsp3) is 0.821. The lowest BCUT2D eigenvalue weighted by molar-refractivity contribution is -0.458. The molecule has 0 aromatic heterocycles. The number of ether oxygens (including phenoxy) is 3. The number of carbonyl (C=O) groups is 3. The molecule has 204 valence electrons. The number of rotatable bonds is 3. The van der Waals surface area contributed by atoms with Crippen LogP contribution in [0.2, 0.25) is 0 Å². The van der Waals surface area contributed by atoms with E-state index in [2.05, 4.69) is 25.7 Å². The first kappa shape index (κ1) is 25.5. The maximum Gasteiger partial charge on any atom is 0.309 e. The van der Waals surface area contributed by atoms with Gasteiger partial charge >= 0.3 is 11.9 Å². The lowest BCUT2D eigenvalue weighted by Gasteiger charge is -2.74. The third-order valence-electron chi connectivity index (χ3n) is 11.0. The Bertz CT molecular complexity index is 1050. The van der Waals surface area contributed by atoms with Gasteiger partial charge in [-0.15, -0.1) is 0 Å². The molecule has 7 fully saturated rings. The summed E-state index contributed by atoms with van der Waals surface area (Å²) in [6.07, 6.45) is 0.620. The van der Waals surface area contributed by atoms with E-state index in [-0.39, 0.29) is 18.5 Å². The van der Waals surface area contributed by atoms with Crippen LogP contribution >= 0.6 is 0 Å². The highest BCUT2D eigenvalue weighted by Gasteiger charge is 2.88. The van der Waals surface area contributed by atoms with Gasteiger partial charge in [-0.1, -0.05) is 20.4 Å². The smallest absolute Gasteiger partial charge is 0.309 e. The Labute approximate surface area is 217 Å². The van der Waals surface area contributed by atoms with E-state index in [1.165, 1.54) is 6.92 Å². The SMILES string of the molecule is C=C1C(=O)[C@]23[C@H](OC(=O)C4CCNCC4)[C@H]1CC[C@H]2[C@@]12CO[C@@]3(O)[C@@H](O)[C@@H]1C(C)(C)CC[C@@H]2OC(C)=O. The van der Waals surface area contributed by atoms with Gasteiger partial charge in [0.2, 0.25) is 5.79 Å². The van der Waals surface area contributed by atoms with Gasteiger partial charge in [-0.25, -0.2) is 0 Å². The fourth-order valence-electron chi connectivity index (χ4n) is 9.66. The molecule has 4 aliphatic carbocycles. The molecule has 3 aliphatic heterocycles. The van der Waals surface area contributed by atoms with E-state index in [0.717, 1.165) is 0 Å². The van der Waals surface area contributed by atoms with Gasteiger partial charge in [-0.3, -0.25) is 14.4 Å². The van der Waals surface area contributed by atoms with Crippen molar-refractivity contribution in [2.24, 2.45) is 39.9 Å². The molecule has 4 saturated carbocycles. The highest BCUT2D eigenvalue weighted by Crippen LogP contribution is 2.77. The van der Waals surface area contributed by atoms with Gasteiger partial charge in [0.05, 0.1) is 12.5 Å². The first-order valence-electron chi connectivity index (χ1n) is 13.8. The number of hydrogen-bond acceptors (Lipinski definition) is 9. The van der Waals surface area contributed by atoms with Crippen LogP contribution in [-0.2, 0) is 28.6 Å². The Morgan fingerprint density at radius 1 is 1.11 bits per heavy atom. The minimum Gasteiger partial charge on any atom is -0.462 e. The van der Waals surface area contributed by atoms with Crippen molar-refractivity contribution in [3.8, 4) is 0 Å². The number of Topliss-reactive ketones (excluding diaryl/α,β-unsaturated/α-hetero) is 1. The predicted molar refractivity (Wildman–Crippen MR) is 130 cm³/mol. The molecule has 0 radical (unpaired) electrons. The van der Waals surface area contributed by atoms with Crippen LogP contribution in [0.15, 0.2) is 12.2 Å². The summed E-state index contributed by atoms with van der Waals surface area (Å²) in [4.78, 5) is 39.9. The molecule has 0 aromatic carbocycles. The molecule has 3 N–H and O–H groups in total. The molecule has 7 rings (SSSR count). The summed E-state index contributed by atoms with van der Waals surface area (Å²) in [6, 6.07) is 0. The fourth-order valence-corrected chi connectivity index (χ4v) is 9.66. The summed E-state index contributed by atoms with van der Waals surface area (Å²) in [5.41, 5.74) is -2.71. The van der Waals surface area contributed by atoms with Gasteiger partial charge in [0.25, 0.3) is 0 Å². The highest BCUT2D eigenvalue weighted by atomic mass is 16.7. The van der Waals surface area contributed by atoms with Crippen molar-refractivity contribution < 1.29 is 38.8 Å². The normalized spacial score (nSPS) is 48.2. The van der Waals surface area contributed by atoms with Crippen molar-refractivity contribution in [2.45, 2.75) is 83.4 Å². The van der Waals surface area contributed by atoms with Crippen LogP contribution in [0, 0.1) is 39.9 Å². The van der Waals surface area contributed by atoms with E-state index < -0.39 is 69.9 Å². The van der Waals surface area contributed by atoms with E-state index in [0.29, 0.717) is 57.2 Å². The van der Waals surface area contributed by atoms with Crippen LogP contribution in [0.3, 0.4) is 0 Å². The van der Waals surface area contributed by atoms with Crippen LogP contribution in [0.4, 0.5) is 0 Å². The van der Waals surface area contributed by atoms with E-state index in [1.54, 1.807) is 0 Å². The Morgan fingerprint density at radius 3 is 2.49 bits per heavy atom. The first-order valence-corrected chi connectivity index (χ1v) is 13.8. The van der Waals surface area contributed by atoms with Crippen LogP contribution in [-0.4, -0.2) is 71.7 Å². The number of fused-ring (bicyclic) bond motifs is 2. The summed E-state index contributed by atoms with van der Waals surface area (Å²) in [7, 11) is 0. The first-order chi connectivity index (χ1) is 17.4. The zero-order valence-corrected chi connectivity index (χ0v) is 22.0. The molecule has 9 nitrogen and oxygen atoms in total. The number of esters is 2. The number of aliphatic hydroxyl groups is 2. The zero-order chi connectivity index (χ0) is 26.5. The molecule has 0 amide bonds. The molecule has 3 saturated heterocycles. The second-order valence-corrected chi connectivity index (χ2v) is 13.0. The van der Waals surface area contributed by atoms with E-state index in [4.69, 9.17) is 14.2 Å². The van der Waals surface area contributed by atoms with Crippen LogP contribution in [0.1, 0.15) is 59.3 Å². The van der Waals surface area contributed by atoms with E-state index >= 15 is 0 Å². The van der Waals surface area contributed by atoms with Crippen molar-refractivity contribution in [3.63, 3.8) is 0 Å². The Kier molecular flexibility index (Phi) is 5.58. The number of ketones is 1. The summed E-state index contributed by atoms with van der Waals surface area (Å²) in [6.45, 7) is 11.0. The Morgan fingerprint density at radius 2 is 1.81 bits per heavy atom. The Hall–Kier alpha value is -1.81. The van der Waals surface area contributed by atoms with Gasteiger partial charge in [0.15, 0.2) is 5.78 Å². The molecule has 9 atom stereocenters. The third kappa shape index (κ3) is 2.97. The lowest BCUT2D eigenvalue weighted by Crippen LogP contribution is -2.86.